The van der Waals surface area contributed by atoms with E-state index in [0.717, 1.165) is 33.7 Å². The Morgan fingerprint density at radius 2 is 1.95 bits per heavy atom. The first-order chi connectivity index (χ1) is 8.84. The third-order valence-electron chi connectivity index (χ3n) is 2.98. The van der Waals surface area contributed by atoms with Crippen molar-refractivity contribution in [3.63, 3.8) is 0 Å². The molecular formula is C15H23Cl2NS. The van der Waals surface area contributed by atoms with Crippen LogP contribution in [0.15, 0.2) is 23.1 Å². The quantitative estimate of drug-likeness (QED) is 0.695. The molecule has 0 heterocycles. The lowest BCUT2D eigenvalue weighted by Gasteiger charge is -2.31. The number of rotatable bonds is 6. The Balaban J connectivity index is 2.67. The first-order valence-corrected chi connectivity index (χ1v) is 8.40. The summed E-state index contributed by atoms with van der Waals surface area (Å²) in [5.74, 6) is 0.990. The summed E-state index contributed by atoms with van der Waals surface area (Å²) in [4.78, 5) is 1.06. The predicted molar refractivity (Wildman–Crippen MR) is 88.7 cm³/mol. The van der Waals surface area contributed by atoms with Crippen LogP contribution in [0.4, 0.5) is 0 Å². The lowest BCUT2D eigenvalue weighted by Crippen LogP contribution is -2.42. The number of hydrogen-bond donors (Lipinski definition) is 1. The molecule has 19 heavy (non-hydrogen) atoms. The molecule has 0 aliphatic rings. The van der Waals surface area contributed by atoms with E-state index in [1.54, 1.807) is 11.8 Å². The van der Waals surface area contributed by atoms with Gasteiger partial charge in [0.15, 0.2) is 0 Å². The molecule has 0 amide bonds. The van der Waals surface area contributed by atoms with Crippen molar-refractivity contribution in [2.45, 2.75) is 45.1 Å². The smallest absolute Gasteiger partial charge is 0.0542 e. The van der Waals surface area contributed by atoms with Crippen LogP contribution < -0.4 is 5.32 Å². The highest BCUT2D eigenvalue weighted by atomic mass is 35.5. The second kappa shape index (κ2) is 7.78. The van der Waals surface area contributed by atoms with E-state index in [4.69, 9.17) is 23.2 Å². The van der Waals surface area contributed by atoms with Crippen LogP contribution in [-0.2, 0) is 0 Å². The van der Waals surface area contributed by atoms with Gasteiger partial charge in [-0.15, -0.1) is 11.8 Å². The zero-order valence-electron chi connectivity index (χ0n) is 12.1. The maximum atomic E-state index is 6.20. The Hall–Kier alpha value is 0.110. The van der Waals surface area contributed by atoms with Crippen molar-refractivity contribution in [3.8, 4) is 0 Å². The minimum atomic E-state index is 0.229. The third kappa shape index (κ3) is 5.95. The van der Waals surface area contributed by atoms with Crippen LogP contribution in [0, 0.1) is 5.41 Å². The van der Waals surface area contributed by atoms with Gasteiger partial charge in [-0.3, -0.25) is 0 Å². The molecule has 0 spiro atoms. The van der Waals surface area contributed by atoms with E-state index in [1.807, 2.05) is 18.2 Å². The lowest BCUT2D eigenvalue weighted by molar-refractivity contribution is 0.292. The summed E-state index contributed by atoms with van der Waals surface area (Å²) in [5, 5.41) is 5.13. The molecule has 0 bridgehead atoms. The Morgan fingerprint density at radius 3 is 2.53 bits per heavy atom. The van der Waals surface area contributed by atoms with Gasteiger partial charge in [-0.25, -0.2) is 0 Å². The molecular weight excluding hydrogens is 297 g/mol. The van der Waals surface area contributed by atoms with Crippen LogP contribution in [0.25, 0.3) is 0 Å². The summed E-state index contributed by atoms with van der Waals surface area (Å²) in [6.45, 7) is 10.0. The molecule has 1 nitrogen and oxygen atoms in total. The second-order valence-electron chi connectivity index (χ2n) is 5.76. The van der Waals surface area contributed by atoms with Crippen molar-refractivity contribution in [1.82, 2.24) is 5.32 Å². The number of hydrogen-bond acceptors (Lipinski definition) is 2. The highest BCUT2D eigenvalue weighted by Crippen LogP contribution is 2.32. The van der Waals surface area contributed by atoms with E-state index in [9.17, 15) is 0 Å². The summed E-state index contributed by atoms with van der Waals surface area (Å²) >= 11 is 14.0. The minimum Gasteiger partial charge on any atom is -0.313 e. The van der Waals surface area contributed by atoms with Gasteiger partial charge in [0.05, 0.1) is 5.02 Å². The number of halogens is 2. The summed E-state index contributed by atoms with van der Waals surface area (Å²) in [5.41, 5.74) is 0.229. The summed E-state index contributed by atoms with van der Waals surface area (Å²) in [6.07, 6.45) is 1.15. The fourth-order valence-electron chi connectivity index (χ4n) is 1.69. The molecule has 1 aromatic carbocycles. The molecule has 1 N–H and O–H groups in total. The minimum absolute atomic E-state index is 0.229. The fourth-order valence-corrected chi connectivity index (χ4v) is 3.59. The summed E-state index contributed by atoms with van der Waals surface area (Å²) < 4.78 is 0. The van der Waals surface area contributed by atoms with Crippen LogP contribution in [0.1, 0.15) is 34.1 Å². The van der Waals surface area contributed by atoms with Gasteiger partial charge >= 0.3 is 0 Å². The first kappa shape index (κ1) is 17.2. The molecule has 0 aromatic heterocycles. The van der Waals surface area contributed by atoms with Crippen LogP contribution in [0.5, 0.6) is 0 Å². The molecule has 0 saturated heterocycles. The normalized spacial score (nSPS) is 13.6. The van der Waals surface area contributed by atoms with Crippen molar-refractivity contribution < 1.29 is 0 Å². The molecule has 1 atom stereocenters. The van der Waals surface area contributed by atoms with Crippen molar-refractivity contribution in [2.75, 3.05) is 12.3 Å². The van der Waals surface area contributed by atoms with Gasteiger partial charge < -0.3 is 5.32 Å². The third-order valence-corrected chi connectivity index (χ3v) is 4.81. The van der Waals surface area contributed by atoms with E-state index in [-0.39, 0.29) is 5.41 Å². The van der Waals surface area contributed by atoms with Gasteiger partial charge in [0.25, 0.3) is 0 Å². The van der Waals surface area contributed by atoms with Crippen molar-refractivity contribution in [2.24, 2.45) is 5.41 Å². The molecule has 1 rings (SSSR count). The van der Waals surface area contributed by atoms with Crippen molar-refractivity contribution >= 4 is 35.0 Å². The second-order valence-corrected chi connectivity index (χ2v) is 7.66. The van der Waals surface area contributed by atoms with E-state index >= 15 is 0 Å². The molecule has 0 saturated carbocycles. The van der Waals surface area contributed by atoms with Crippen LogP contribution in [0.3, 0.4) is 0 Å². The Bertz CT molecular complexity index is 402. The summed E-state index contributed by atoms with van der Waals surface area (Å²) in [7, 11) is 0. The highest BCUT2D eigenvalue weighted by Gasteiger charge is 2.24. The Morgan fingerprint density at radius 1 is 1.26 bits per heavy atom. The maximum Gasteiger partial charge on any atom is 0.0542 e. The first-order valence-electron chi connectivity index (χ1n) is 6.66. The zero-order chi connectivity index (χ0) is 14.5. The van der Waals surface area contributed by atoms with Gasteiger partial charge in [0.1, 0.15) is 0 Å². The van der Waals surface area contributed by atoms with Crippen LogP contribution in [0.2, 0.25) is 10.0 Å². The Labute approximate surface area is 131 Å². The summed E-state index contributed by atoms with van der Waals surface area (Å²) in [6, 6.07) is 6.07. The van der Waals surface area contributed by atoms with Gasteiger partial charge in [0.2, 0.25) is 0 Å². The van der Waals surface area contributed by atoms with E-state index in [0.29, 0.717) is 6.04 Å². The molecule has 0 aliphatic carbocycles. The maximum absolute atomic E-state index is 6.20. The van der Waals surface area contributed by atoms with E-state index in [1.165, 1.54) is 0 Å². The SMILES string of the molecule is CCCNC(CSc1cc(Cl)ccc1Cl)C(C)(C)C. The average molecular weight is 320 g/mol. The van der Waals surface area contributed by atoms with Gasteiger partial charge in [-0.2, -0.15) is 0 Å². The van der Waals surface area contributed by atoms with E-state index in [2.05, 4.69) is 33.0 Å². The largest absolute Gasteiger partial charge is 0.313 e. The zero-order valence-corrected chi connectivity index (χ0v) is 14.4. The fraction of sp³-hybridized carbons (Fsp3) is 0.600. The van der Waals surface area contributed by atoms with Gasteiger partial charge in [-0.1, -0.05) is 50.9 Å². The molecule has 1 unspecified atom stereocenters. The number of benzene rings is 1. The monoisotopic (exact) mass is 319 g/mol. The molecule has 108 valence electrons. The van der Waals surface area contributed by atoms with E-state index < -0.39 is 0 Å². The molecule has 0 fully saturated rings. The Kier molecular flexibility index (Phi) is 7.02. The standard InChI is InChI=1S/C15H23Cl2NS/c1-5-8-18-14(15(2,3)4)10-19-13-9-11(16)6-7-12(13)17/h6-7,9,14,18H,5,8,10H2,1-4H3. The van der Waals surface area contributed by atoms with Crippen LogP contribution >= 0.6 is 35.0 Å². The van der Waals surface area contributed by atoms with Crippen LogP contribution in [-0.4, -0.2) is 18.3 Å². The topological polar surface area (TPSA) is 12.0 Å². The molecule has 1 aromatic rings. The number of nitrogens with one attached hydrogen (secondary N) is 1. The lowest BCUT2D eigenvalue weighted by atomic mass is 9.88. The van der Waals surface area contributed by atoms with Crippen molar-refractivity contribution in [1.29, 1.82) is 0 Å². The molecule has 0 aliphatic heterocycles. The highest BCUT2D eigenvalue weighted by molar-refractivity contribution is 7.99. The molecule has 4 heteroatoms. The number of thioether (sulfide) groups is 1. The van der Waals surface area contributed by atoms with Gasteiger partial charge in [-0.05, 0) is 36.6 Å². The molecule has 0 radical (unpaired) electrons. The predicted octanol–water partition coefficient (Wildman–Crippen LogP) is 5.50. The van der Waals surface area contributed by atoms with Crippen molar-refractivity contribution in [3.05, 3.63) is 28.2 Å². The average Bonchev–Trinajstić information content (AvgIpc) is 2.31. The van der Waals surface area contributed by atoms with Gasteiger partial charge in [0, 0.05) is 21.7 Å².